The summed E-state index contributed by atoms with van der Waals surface area (Å²) >= 11 is 0. The van der Waals surface area contributed by atoms with Crippen molar-refractivity contribution >= 4 is 28.6 Å². The molecule has 2 saturated heterocycles. The molecule has 0 radical (unpaired) electrons. The number of fused-ring (bicyclic) bond motifs is 2. The van der Waals surface area contributed by atoms with E-state index in [1.165, 1.54) is 5.56 Å². The van der Waals surface area contributed by atoms with Crippen LogP contribution in [0.5, 0.6) is 11.8 Å². The van der Waals surface area contributed by atoms with Gasteiger partial charge in [-0.25, -0.2) is 0 Å². The van der Waals surface area contributed by atoms with E-state index in [-0.39, 0.29) is 5.75 Å². The zero-order chi connectivity index (χ0) is 25.9. The highest BCUT2D eigenvalue weighted by Crippen LogP contribution is 2.36. The standard InChI is InChI=1S/C29H34N6O3/c36-15-3-9-33-11-13-34(14-12-33)28-25-7-10-35(27-17-23(37)16-22-4-1-2-5-24(22)27)19-26(25)31-29(32-28)38-20-21-6-8-30-18-21/h1-5,9,15-17,21,30,37H,6-8,10-14,18-20H2/t21-/m1/s1. The van der Waals surface area contributed by atoms with Gasteiger partial charge in [0.1, 0.15) is 17.9 Å². The number of aldehydes is 1. The first kappa shape index (κ1) is 24.5. The Morgan fingerprint density at radius 1 is 1.08 bits per heavy atom. The van der Waals surface area contributed by atoms with Crippen LogP contribution in [0, 0.1) is 5.92 Å². The minimum absolute atomic E-state index is 0.267. The van der Waals surface area contributed by atoms with Crippen LogP contribution < -0.4 is 19.9 Å². The number of carbonyl (C=O) groups excluding carboxylic acids is 1. The van der Waals surface area contributed by atoms with Crippen molar-refractivity contribution in [3.8, 4) is 11.8 Å². The summed E-state index contributed by atoms with van der Waals surface area (Å²) in [5.74, 6) is 1.71. The maximum Gasteiger partial charge on any atom is 0.318 e. The van der Waals surface area contributed by atoms with E-state index in [0.717, 1.165) is 92.9 Å². The van der Waals surface area contributed by atoms with Crippen molar-refractivity contribution < 1.29 is 14.6 Å². The largest absolute Gasteiger partial charge is 0.508 e. The molecule has 0 aliphatic carbocycles. The topological polar surface area (TPSA) is 94.1 Å². The van der Waals surface area contributed by atoms with E-state index >= 15 is 0 Å². The summed E-state index contributed by atoms with van der Waals surface area (Å²) in [6.07, 6.45) is 6.14. The second-order valence-electron chi connectivity index (χ2n) is 10.3. The highest BCUT2D eigenvalue weighted by atomic mass is 16.5. The molecule has 9 heteroatoms. The Bertz CT molecular complexity index is 1330. The number of allylic oxidation sites excluding steroid dienone is 1. The number of ether oxygens (including phenoxy) is 1. The van der Waals surface area contributed by atoms with E-state index in [4.69, 9.17) is 14.7 Å². The third kappa shape index (κ3) is 5.11. The number of phenols is 1. The molecule has 198 valence electrons. The molecule has 1 atom stereocenters. The van der Waals surface area contributed by atoms with Crippen molar-refractivity contribution in [2.75, 3.05) is 62.2 Å². The smallest absolute Gasteiger partial charge is 0.318 e. The Morgan fingerprint density at radius 3 is 2.76 bits per heavy atom. The molecule has 0 spiro atoms. The van der Waals surface area contributed by atoms with Gasteiger partial charge in [0.2, 0.25) is 0 Å². The van der Waals surface area contributed by atoms with Gasteiger partial charge in [0.25, 0.3) is 0 Å². The van der Waals surface area contributed by atoms with Crippen molar-refractivity contribution in [1.82, 2.24) is 20.2 Å². The molecule has 1 aromatic heterocycles. The van der Waals surface area contributed by atoms with E-state index in [0.29, 0.717) is 25.1 Å². The van der Waals surface area contributed by atoms with Gasteiger partial charge in [-0.2, -0.15) is 9.97 Å². The lowest BCUT2D eigenvalue weighted by atomic mass is 10.0. The van der Waals surface area contributed by atoms with Gasteiger partial charge in [-0.1, -0.05) is 24.3 Å². The molecular formula is C29H34N6O3. The van der Waals surface area contributed by atoms with Gasteiger partial charge in [-0.15, -0.1) is 0 Å². The lowest BCUT2D eigenvalue weighted by Gasteiger charge is -2.38. The number of carbonyl (C=O) groups is 1. The molecule has 2 fully saturated rings. The molecule has 0 amide bonds. The lowest BCUT2D eigenvalue weighted by Crippen LogP contribution is -2.45. The number of hydrogen-bond donors (Lipinski definition) is 2. The Morgan fingerprint density at radius 2 is 1.95 bits per heavy atom. The van der Waals surface area contributed by atoms with E-state index in [1.54, 1.807) is 6.08 Å². The molecule has 3 aromatic rings. The Kier molecular flexibility index (Phi) is 7.00. The van der Waals surface area contributed by atoms with E-state index < -0.39 is 0 Å². The highest BCUT2D eigenvalue weighted by molar-refractivity contribution is 5.95. The van der Waals surface area contributed by atoms with E-state index in [2.05, 4.69) is 26.1 Å². The van der Waals surface area contributed by atoms with Gasteiger partial charge in [-0.3, -0.25) is 4.79 Å². The number of aromatic hydroxyl groups is 1. The molecule has 0 bridgehead atoms. The van der Waals surface area contributed by atoms with Gasteiger partial charge in [0.15, 0.2) is 0 Å². The molecule has 3 aliphatic rings. The average Bonchev–Trinajstić information content (AvgIpc) is 3.48. The predicted octanol–water partition coefficient (Wildman–Crippen LogP) is 2.72. The van der Waals surface area contributed by atoms with Crippen LogP contribution in [-0.4, -0.2) is 78.7 Å². The summed E-state index contributed by atoms with van der Waals surface area (Å²) in [4.78, 5) is 27.4. The zero-order valence-electron chi connectivity index (χ0n) is 21.6. The van der Waals surface area contributed by atoms with Crippen LogP contribution in [-0.2, 0) is 17.8 Å². The number of hydrogen-bond acceptors (Lipinski definition) is 9. The molecule has 0 unspecified atom stereocenters. The van der Waals surface area contributed by atoms with Crippen molar-refractivity contribution in [3.63, 3.8) is 0 Å². The second kappa shape index (κ2) is 10.9. The number of benzene rings is 2. The minimum atomic E-state index is 0.267. The molecule has 2 aromatic carbocycles. The Balaban J connectivity index is 1.30. The third-order valence-electron chi connectivity index (χ3n) is 7.79. The Hall–Kier alpha value is -3.85. The predicted molar refractivity (Wildman–Crippen MR) is 148 cm³/mol. The first-order valence-corrected chi connectivity index (χ1v) is 13.5. The van der Waals surface area contributed by atoms with Gasteiger partial charge in [0, 0.05) is 74.1 Å². The van der Waals surface area contributed by atoms with Crippen molar-refractivity contribution in [2.24, 2.45) is 5.92 Å². The first-order valence-electron chi connectivity index (χ1n) is 13.5. The number of anilines is 2. The molecule has 9 nitrogen and oxygen atoms in total. The third-order valence-corrected chi connectivity index (χ3v) is 7.79. The summed E-state index contributed by atoms with van der Waals surface area (Å²) in [6, 6.07) is 12.3. The van der Waals surface area contributed by atoms with Crippen LogP contribution in [0.4, 0.5) is 11.5 Å². The molecule has 2 N–H and O–H groups in total. The fourth-order valence-corrected chi connectivity index (χ4v) is 5.75. The molecule has 6 rings (SSSR count). The summed E-state index contributed by atoms with van der Waals surface area (Å²) in [5, 5.41) is 16.0. The summed E-state index contributed by atoms with van der Waals surface area (Å²) < 4.78 is 6.18. The molecule has 3 aliphatic heterocycles. The number of nitrogens with zero attached hydrogens (tertiary/aromatic N) is 5. The average molecular weight is 515 g/mol. The summed E-state index contributed by atoms with van der Waals surface area (Å²) in [5.41, 5.74) is 3.18. The van der Waals surface area contributed by atoms with Crippen molar-refractivity contribution in [1.29, 1.82) is 0 Å². The summed E-state index contributed by atoms with van der Waals surface area (Å²) in [6.45, 7) is 7.33. The van der Waals surface area contributed by atoms with Gasteiger partial charge in [0.05, 0.1) is 18.8 Å². The normalized spacial score (nSPS) is 19.8. The maximum absolute atomic E-state index is 10.7. The van der Waals surface area contributed by atoms with Gasteiger partial charge in [-0.05, 0) is 36.9 Å². The number of rotatable bonds is 7. The van der Waals surface area contributed by atoms with E-state index in [1.807, 2.05) is 36.5 Å². The van der Waals surface area contributed by atoms with Crippen LogP contribution in [0.25, 0.3) is 10.8 Å². The second-order valence-corrected chi connectivity index (χ2v) is 10.3. The van der Waals surface area contributed by atoms with Gasteiger partial charge < -0.3 is 29.9 Å². The zero-order valence-corrected chi connectivity index (χ0v) is 21.6. The fraction of sp³-hybridized carbons (Fsp3) is 0.414. The highest BCUT2D eigenvalue weighted by Gasteiger charge is 2.28. The number of phenolic OH excluding ortho intramolecular Hbond substituents is 1. The number of piperazine rings is 1. The van der Waals surface area contributed by atoms with Crippen molar-refractivity contribution in [3.05, 3.63) is 59.9 Å². The summed E-state index contributed by atoms with van der Waals surface area (Å²) in [7, 11) is 0. The van der Waals surface area contributed by atoms with Crippen LogP contribution in [0.3, 0.4) is 0 Å². The molecule has 38 heavy (non-hydrogen) atoms. The lowest BCUT2D eigenvalue weighted by molar-refractivity contribution is -0.104. The molecule has 0 saturated carbocycles. The molecule has 4 heterocycles. The first-order chi connectivity index (χ1) is 18.7. The van der Waals surface area contributed by atoms with Gasteiger partial charge >= 0.3 is 6.01 Å². The Labute approximate surface area is 222 Å². The SMILES string of the molecule is O=CC=CN1CCN(c2nc(OC[C@@H]3CCNC3)nc3c2CCN(c2cc(O)cc4ccccc24)C3)CC1. The molecular weight excluding hydrogens is 480 g/mol. The van der Waals surface area contributed by atoms with E-state index in [9.17, 15) is 9.90 Å². The fourth-order valence-electron chi connectivity index (χ4n) is 5.75. The van der Waals surface area contributed by atoms with Crippen molar-refractivity contribution in [2.45, 2.75) is 19.4 Å². The quantitative estimate of drug-likeness (QED) is 0.365. The number of nitrogens with one attached hydrogen (secondary N) is 1. The van der Waals surface area contributed by atoms with Crippen LogP contribution in [0.1, 0.15) is 17.7 Å². The number of aromatic nitrogens is 2. The van der Waals surface area contributed by atoms with Crippen LogP contribution in [0.15, 0.2) is 48.7 Å². The monoisotopic (exact) mass is 514 g/mol. The van der Waals surface area contributed by atoms with Crippen LogP contribution >= 0.6 is 0 Å². The van der Waals surface area contributed by atoms with Crippen LogP contribution in [0.2, 0.25) is 0 Å². The minimum Gasteiger partial charge on any atom is -0.508 e. The maximum atomic E-state index is 10.7.